The summed E-state index contributed by atoms with van der Waals surface area (Å²) in [5, 5.41) is 3.14. The van der Waals surface area contributed by atoms with Gasteiger partial charge < -0.3 is 15.1 Å². The van der Waals surface area contributed by atoms with Crippen LogP contribution in [0.3, 0.4) is 0 Å². The maximum atomic E-state index is 12.4. The summed E-state index contributed by atoms with van der Waals surface area (Å²) in [5.74, 6) is 0.342. The Morgan fingerprint density at radius 3 is 2.42 bits per heavy atom. The molecule has 1 N–H and O–H groups in total. The van der Waals surface area contributed by atoms with Gasteiger partial charge in [0.2, 0.25) is 12.4 Å². The summed E-state index contributed by atoms with van der Waals surface area (Å²) in [7, 11) is 0. The van der Waals surface area contributed by atoms with Gasteiger partial charge in [0.1, 0.15) is 0 Å². The molecule has 0 bridgehead atoms. The lowest BCUT2D eigenvalue weighted by Gasteiger charge is -2.32. The van der Waals surface area contributed by atoms with Crippen LogP contribution in [0.4, 0.5) is 11.6 Å². The molecule has 124 valence electrons. The minimum atomic E-state index is -0.108. The van der Waals surface area contributed by atoms with Crippen molar-refractivity contribution in [3.05, 3.63) is 47.8 Å². The van der Waals surface area contributed by atoms with Crippen molar-refractivity contribution < 1.29 is 9.59 Å². The van der Waals surface area contributed by atoms with Crippen molar-refractivity contribution in [1.82, 2.24) is 19.8 Å². The van der Waals surface area contributed by atoms with Crippen LogP contribution in [0.5, 0.6) is 0 Å². The van der Waals surface area contributed by atoms with E-state index in [9.17, 15) is 9.59 Å². The molecule has 2 heterocycles. The van der Waals surface area contributed by atoms with Crippen molar-refractivity contribution in [2.24, 2.45) is 0 Å². The number of piperazine rings is 1. The van der Waals surface area contributed by atoms with Crippen LogP contribution in [0, 0.1) is 6.92 Å². The number of hydrogen-bond donors (Lipinski definition) is 1. The molecule has 1 aliphatic rings. The minimum Gasteiger partial charge on any atom is -0.342 e. The predicted octanol–water partition coefficient (Wildman–Crippen LogP) is 1.44. The Morgan fingerprint density at radius 2 is 1.79 bits per heavy atom. The molecule has 1 aromatic carbocycles. The van der Waals surface area contributed by atoms with Gasteiger partial charge >= 0.3 is 0 Å². The summed E-state index contributed by atoms with van der Waals surface area (Å²) in [4.78, 5) is 35.0. The number of benzene rings is 1. The van der Waals surface area contributed by atoms with Gasteiger partial charge in [0, 0.05) is 44.3 Å². The molecule has 7 nitrogen and oxygen atoms in total. The van der Waals surface area contributed by atoms with E-state index in [2.05, 4.69) is 15.3 Å². The largest absolute Gasteiger partial charge is 0.342 e. The molecular formula is C17H19N5O2. The van der Waals surface area contributed by atoms with Crippen LogP contribution in [-0.4, -0.2) is 58.3 Å². The van der Waals surface area contributed by atoms with Gasteiger partial charge in [0.05, 0.1) is 5.56 Å². The molecule has 24 heavy (non-hydrogen) atoms. The Kier molecular flexibility index (Phi) is 4.69. The van der Waals surface area contributed by atoms with E-state index < -0.39 is 0 Å². The molecule has 0 spiro atoms. The standard InChI is InChI=1S/C17H19N5O2/c1-13-4-2-3-5-15(13)20-17-18-10-14(11-19-17)16(24)22-8-6-21(12-23)7-9-22/h2-5,10-12H,6-9H2,1H3,(H,18,19,20). The second-order valence-corrected chi connectivity index (χ2v) is 5.67. The average Bonchev–Trinajstić information content (AvgIpc) is 2.64. The van der Waals surface area contributed by atoms with Crippen LogP contribution in [0.1, 0.15) is 15.9 Å². The van der Waals surface area contributed by atoms with Crippen molar-refractivity contribution in [3.63, 3.8) is 0 Å². The summed E-state index contributed by atoms with van der Waals surface area (Å²) in [5.41, 5.74) is 2.47. The number of hydrogen-bond acceptors (Lipinski definition) is 5. The monoisotopic (exact) mass is 325 g/mol. The summed E-state index contributed by atoms with van der Waals surface area (Å²) >= 11 is 0. The molecule has 0 atom stereocenters. The number of carbonyl (C=O) groups is 2. The molecule has 1 aliphatic heterocycles. The zero-order valence-electron chi connectivity index (χ0n) is 13.5. The first-order valence-electron chi connectivity index (χ1n) is 7.80. The van der Waals surface area contributed by atoms with Crippen molar-refractivity contribution >= 4 is 24.0 Å². The number of carbonyl (C=O) groups excluding carboxylic acids is 2. The molecule has 1 fully saturated rings. The lowest BCUT2D eigenvalue weighted by Crippen LogP contribution is -2.48. The molecule has 0 unspecified atom stereocenters. The van der Waals surface area contributed by atoms with Gasteiger partial charge in [-0.15, -0.1) is 0 Å². The molecule has 1 saturated heterocycles. The number of amides is 2. The number of nitrogens with zero attached hydrogens (tertiary/aromatic N) is 4. The lowest BCUT2D eigenvalue weighted by molar-refractivity contribution is -0.119. The van der Waals surface area contributed by atoms with E-state index in [0.29, 0.717) is 37.7 Å². The van der Waals surface area contributed by atoms with Crippen LogP contribution < -0.4 is 5.32 Å². The zero-order chi connectivity index (χ0) is 16.9. The number of aryl methyl sites for hydroxylation is 1. The third kappa shape index (κ3) is 3.51. The molecule has 2 aromatic rings. The number of nitrogens with one attached hydrogen (secondary N) is 1. The number of para-hydroxylation sites is 1. The second kappa shape index (κ2) is 7.08. The van der Waals surface area contributed by atoms with Crippen molar-refractivity contribution in [3.8, 4) is 0 Å². The van der Waals surface area contributed by atoms with Crippen LogP contribution in [0.2, 0.25) is 0 Å². The third-order valence-corrected chi connectivity index (χ3v) is 4.04. The van der Waals surface area contributed by atoms with E-state index in [-0.39, 0.29) is 5.91 Å². The summed E-state index contributed by atoms with van der Waals surface area (Å²) in [6.45, 7) is 4.17. The summed E-state index contributed by atoms with van der Waals surface area (Å²) in [6, 6.07) is 7.85. The number of aromatic nitrogens is 2. The van der Waals surface area contributed by atoms with Crippen molar-refractivity contribution in [2.75, 3.05) is 31.5 Å². The van der Waals surface area contributed by atoms with E-state index in [1.807, 2.05) is 31.2 Å². The fraction of sp³-hybridized carbons (Fsp3) is 0.294. The van der Waals surface area contributed by atoms with E-state index in [4.69, 9.17) is 0 Å². The van der Waals surface area contributed by atoms with Gasteiger partial charge in [-0.2, -0.15) is 0 Å². The highest BCUT2D eigenvalue weighted by molar-refractivity contribution is 5.93. The minimum absolute atomic E-state index is 0.108. The molecule has 1 aromatic heterocycles. The molecule has 7 heteroatoms. The first kappa shape index (κ1) is 15.9. The van der Waals surface area contributed by atoms with Crippen LogP contribution in [0.15, 0.2) is 36.7 Å². The van der Waals surface area contributed by atoms with Crippen LogP contribution >= 0.6 is 0 Å². The molecule has 0 aliphatic carbocycles. The fourth-order valence-electron chi connectivity index (χ4n) is 2.55. The van der Waals surface area contributed by atoms with Gasteiger partial charge in [-0.1, -0.05) is 18.2 Å². The lowest BCUT2D eigenvalue weighted by atomic mass is 10.2. The van der Waals surface area contributed by atoms with Gasteiger partial charge in [0.15, 0.2) is 0 Å². The maximum Gasteiger partial charge on any atom is 0.257 e. The second-order valence-electron chi connectivity index (χ2n) is 5.67. The fourth-order valence-corrected chi connectivity index (χ4v) is 2.55. The molecule has 0 saturated carbocycles. The molecule has 0 radical (unpaired) electrons. The Labute approximate surface area is 140 Å². The normalized spacial score (nSPS) is 14.4. The Morgan fingerprint density at radius 1 is 1.12 bits per heavy atom. The van der Waals surface area contributed by atoms with Gasteiger partial charge in [0.25, 0.3) is 5.91 Å². The average molecular weight is 325 g/mol. The Bertz CT molecular complexity index is 724. The van der Waals surface area contributed by atoms with Crippen LogP contribution in [0.25, 0.3) is 0 Å². The first-order valence-corrected chi connectivity index (χ1v) is 7.80. The highest BCUT2D eigenvalue weighted by Gasteiger charge is 2.21. The SMILES string of the molecule is Cc1ccccc1Nc1ncc(C(=O)N2CCN(C=O)CC2)cn1. The quantitative estimate of drug-likeness (QED) is 0.861. The topological polar surface area (TPSA) is 78.4 Å². The number of anilines is 2. The smallest absolute Gasteiger partial charge is 0.257 e. The zero-order valence-corrected chi connectivity index (χ0v) is 13.5. The Hall–Kier alpha value is -2.96. The van der Waals surface area contributed by atoms with Crippen molar-refractivity contribution in [1.29, 1.82) is 0 Å². The van der Waals surface area contributed by atoms with E-state index >= 15 is 0 Å². The highest BCUT2D eigenvalue weighted by atomic mass is 16.2. The molecule has 2 amide bonds. The maximum absolute atomic E-state index is 12.4. The van der Waals surface area contributed by atoms with E-state index in [1.54, 1.807) is 9.80 Å². The predicted molar refractivity (Wildman–Crippen MR) is 90.0 cm³/mol. The Balaban J connectivity index is 1.65. The molecule has 3 rings (SSSR count). The molecular weight excluding hydrogens is 306 g/mol. The number of rotatable bonds is 4. The summed E-state index contributed by atoms with van der Waals surface area (Å²) in [6.07, 6.45) is 3.88. The van der Waals surface area contributed by atoms with Gasteiger partial charge in [-0.05, 0) is 18.6 Å². The summed E-state index contributed by atoms with van der Waals surface area (Å²) < 4.78 is 0. The first-order chi connectivity index (χ1) is 11.7. The van der Waals surface area contributed by atoms with Gasteiger partial charge in [-0.3, -0.25) is 9.59 Å². The van der Waals surface area contributed by atoms with E-state index in [0.717, 1.165) is 17.7 Å². The van der Waals surface area contributed by atoms with Crippen molar-refractivity contribution in [2.45, 2.75) is 6.92 Å². The highest BCUT2D eigenvalue weighted by Crippen LogP contribution is 2.17. The third-order valence-electron chi connectivity index (χ3n) is 4.04. The van der Waals surface area contributed by atoms with Gasteiger partial charge in [-0.25, -0.2) is 9.97 Å². The van der Waals surface area contributed by atoms with E-state index in [1.165, 1.54) is 12.4 Å². The van der Waals surface area contributed by atoms with Crippen LogP contribution in [-0.2, 0) is 4.79 Å².